The highest BCUT2D eigenvalue weighted by Crippen LogP contribution is 2.29. The molecule has 0 spiro atoms. The standard InChI is InChI=1S/C21H16F3N5O/c22-21(23,24)16-5-7-17(8-6-16)26-19(30)11-13-1-3-14(4-2-13)15-9-10-29-18(12-15)27-20(25)28-29/h1-10,12H,11H2,(H2,25,28)(H,26,30). The molecule has 9 heteroatoms. The van der Waals surface area contributed by atoms with Crippen molar-refractivity contribution in [2.45, 2.75) is 12.6 Å². The van der Waals surface area contributed by atoms with Crippen LogP contribution in [0.4, 0.5) is 24.8 Å². The number of nitrogen functional groups attached to an aromatic ring is 1. The molecule has 2 heterocycles. The molecular weight excluding hydrogens is 395 g/mol. The first kappa shape index (κ1) is 19.4. The van der Waals surface area contributed by atoms with Gasteiger partial charge in [-0.15, -0.1) is 5.10 Å². The molecule has 0 aliphatic rings. The average Bonchev–Trinajstić information content (AvgIpc) is 3.07. The van der Waals surface area contributed by atoms with Crippen molar-refractivity contribution in [1.29, 1.82) is 0 Å². The molecular formula is C21H16F3N5O. The number of nitrogens with two attached hydrogens (primary N) is 1. The maximum absolute atomic E-state index is 12.6. The summed E-state index contributed by atoms with van der Waals surface area (Å²) in [5, 5.41) is 6.63. The molecule has 2 aromatic heterocycles. The number of alkyl halides is 3. The number of amides is 1. The van der Waals surface area contributed by atoms with Gasteiger partial charge in [0.1, 0.15) is 0 Å². The molecule has 30 heavy (non-hydrogen) atoms. The minimum absolute atomic E-state index is 0.0983. The molecule has 6 nitrogen and oxygen atoms in total. The van der Waals surface area contributed by atoms with Crippen LogP contribution in [0.5, 0.6) is 0 Å². The molecule has 4 aromatic rings. The molecule has 2 aromatic carbocycles. The molecule has 0 bridgehead atoms. The van der Waals surface area contributed by atoms with Crippen LogP contribution in [0.1, 0.15) is 11.1 Å². The number of halogens is 3. The fraction of sp³-hybridized carbons (Fsp3) is 0.0952. The molecule has 0 saturated carbocycles. The molecule has 0 radical (unpaired) electrons. The number of benzene rings is 2. The maximum atomic E-state index is 12.6. The van der Waals surface area contributed by atoms with Crippen molar-refractivity contribution >= 4 is 23.2 Å². The van der Waals surface area contributed by atoms with Crippen LogP contribution in [0.15, 0.2) is 66.9 Å². The van der Waals surface area contributed by atoms with Crippen LogP contribution in [0.3, 0.4) is 0 Å². The van der Waals surface area contributed by atoms with Gasteiger partial charge in [0.25, 0.3) is 0 Å². The number of anilines is 2. The summed E-state index contributed by atoms with van der Waals surface area (Å²) in [5.41, 5.74) is 8.41. The van der Waals surface area contributed by atoms with Gasteiger partial charge in [-0.25, -0.2) is 4.52 Å². The topological polar surface area (TPSA) is 85.3 Å². The van der Waals surface area contributed by atoms with E-state index in [-0.39, 0.29) is 18.3 Å². The van der Waals surface area contributed by atoms with Crippen LogP contribution in [-0.2, 0) is 17.4 Å². The summed E-state index contributed by atoms with van der Waals surface area (Å²) < 4.78 is 39.4. The van der Waals surface area contributed by atoms with Crippen molar-refractivity contribution in [3.8, 4) is 11.1 Å². The molecule has 0 atom stereocenters. The Morgan fingerprint density at radius 1 is 1.00 bits per heavy atom. The molecule has 152 valence electrons. The van der Waals surface area contributed by atoms with E-state index in [1.807, 2.05) is 36.4 Å². The van der Waals surface area contributed by atoms with E-state index in [1.54, 1.807) is 10.7 Å². The Hall–Kier alpha value is -3.88. The molecule has 1 amide bonds. The summed E-state index contributed by atoms with van der Waals surface area (Å²) in [4.78, 5) is 16.3. The van der Waals surface area contributed by atoms with Gasteiger partial charge in [0, 0.05) is 11.9 Å². The summed E-state index contributed by atoms with van der Waals surface area (Å²) in [6.07, 6.45) is -2.55. The first-order valence-corrected chi connectivity index (χ1v) is 8.96. The van der Waals surface area contributed by atoms with Crippen LogP contribution in [0, 0.1) is 0 Å². The smallest absolute Gasteiger partial charge is 0.366 e. The minimum atomic E-state index is -4.41. The highest BCUT2D eigenvalue weighted by atomic mass is 19.4. The second-order valence-corrected chi connectivity index (χ2v) is 6.69. The predicted octanol–water partition coefficient (Wildman–Crippen LogP) is 4.18. The lowest BCUT2D eigenvalue weighted by Crippen LogP contribution is -2.14. The van der Waals surface area contributed by atoms with Crippen LogP contribution >= 0.6 is 0 Å². The Morgan fingerprint density at radius 2 is 1.70 bits per heavy atom. The fourth-order valence-corrected chi connectivity index (χ4v) is 3.03. The number of rotatable bonds is 4. The van der Waals surface area contributed by atoms with Crippen LogP contribution in [0.2, 0.25) is 0 Å². The van der Waals surface area contributed by atoms with E-state index in [0.717, 1.165) is 28.8 Å². The Labute approximate surface area is 169 Å². The molecule has 0 unspecified atom stereocenters. The minimum Gasteiger partial charge on any atom is -0.366 e. The van der Waals surface area contributed by atoms with E-state index in [4.69, 9.17) is 5.73 Å². The molecule has 0 fully saturated rings. The first-order valence-electron chi connectivity index (χ1n) is 8.96. The summed E-state index contributed by atoms with van der Waals surface area (Å²) in [7, 11) is 0. The van der Waals surface area contributed by atoms with Crippen molar-refractivity contribution < 1.29 is 18.0 Å². The Morgan fingerprint density at radius 3 is 2.37 bits per heavy atom. The lowest BCUT2D eigenvalue weighted by molar-refractivity contribution is -0.137. The summed E-state index contributed by atoms with van der Waals surface area (Å²) in [6, 6.07) is 15.5. The van der Waals surface area contributed by atoms with Gasteiger partial charge in [-0.2, -0.15) is 18.2 Å². The quantitative estimate of drug-likeness (QED) is 0.528. The molecule has 0 aliphatic carbocycles. The van der Waals surface area contributed by atoms with Gasteiger partial charge < -0.3 is 11.1 Å². The van der Waals surface area contributed by atoms with Crippen molar-refractivity contribution in [2.24, 2.45) is 0 Å². The molecule has 4 rings (SSSR count). The van der Waals surface area contributed by atoms with E-state index in [0.29, 0.717) is 11.3 Å². The van der Waals surface area contributed by atoms with Crippen molar-refractivity contribution in [1.82, 2.24) is 14.6 Å². The zero-order valence-electron chi connectivity index (χ0n) is 15.5. The fourth-order valence-electron chi connectivity index (χ4n) is 3.03. The second-order valence-electron chi connectivity index (χ2n) is 6.69. The molecule has 0 saturated heterocycles. The van der Waals surface area contributed by atoms with Crippen molar-refractivity contribution in [3.05, 3.63) is 78.0 Å². The number of carbonyl (C=O) groups is 1. The zero-order chi connectivity index (χ0) is 21.3. The van der Waals surface area contributed by atoms with Gasteiger partial charge in [-0.05, 0) is 53.1 Å². The number of nitrogens with one attached hydrogen (secondary N) is 1. The Balaban J connectivity index is 1.41. The van der Waals surface area contributed by atoms with E-state index >= 15 is 0 Å². The third kappa shape index (κ3) is 4.24. The number of fused-ring (bicyclic) bond motifs is 1. The number of hydrogen-bond acceptors (Lipinski definition) is 4. The Kier molecular flexibility index (Phi) is 4.86. The predicted molar refractivity (Wildman–Crippen MR) is 107 cm³/mol. The van der Waals surface area contributed by atoms with Crippen LogP contribution in [-0.4, -0.2) is 20.5 Å². The van der Waals surface area contributed by atoms with Gasteiger partial charge in [-0.3, -0.25) is 4.79 Å². The summed E-state index contributed by atoms with van der Waals surface area (Å²) >= 11 is 0. The number of aromatic nitrogens is 3. The Bertz CT molecular complexity index is 1200. The lowest BCUT2D eigenvalue weighted by Gasteiger charge is -2.09. The van der Waals surface area contributed by atoms with Crippen molar-refractivity contribution in [2.75, 3.05) is 11.1 Å². The van der Waals surface area contributed by atoms with E-state index in [9.17, 15) is 18.0 Å². The molecule has 0 aliphatic heterocycles. The number of nitrogens with zero attached hydrogens (tertiary/aromatic N) is 3. The number of pyridine rings is 1. The van der Waals surface area contributed by atoms with Gasteiger partial charge in [-0.1, -0.05) is 24.3 Å². The largest absolute Gasteiger partial charge is 0.416 e. The van der Waals surface area contributed by atoms with Gasteiger partial charge in [0.15, 0.2) is 5.65 Å². The highest BCUT2D eigenvalue weighted by molar-refractivity contribution is 5.92. The number of hydrogen-bond donors (Lipinski definition) is 2. The van der Waals surface area contributed by atoms with Gasteiger partial charge >= 0.3 is 6.18 Å². The lowest BCUT2D eigenvalue weighted by atomic mass is 10.0. The normalized spacial score (nSPS) is 11.6. The van der Waals surface area contributed by atoms with Crippen molar-refractivity contribution in [3.63, 3.8) is 0 Å². The zero-order valence-corrected chi connectivity index (χ0v) is 15.5. The highest BCUT2D eigenvalue weighted by Gasteiger charge is 2.29. The number of carbonyl (C=O) groups excluding carboxylic acids is 1. The first-order chi connectivity index (χ1) is 14.3. The van der Waals surface area contributed by atoms with Gasteiger partial charge in [0.05, 0.1) is 12.0 Å². The molecule has 3 N–H and O–H groups in total. The monoisotopic (exact) mass is 411 g/mol. The third-order valence-corrected chi connectivity index (χ3v) is 4.50. The maximum Gasteiger partial charge on any atom is 0.416 e. The average molecular weight is 411 g/mol. The van der Waals surface area contributed by atoms with E-state index in [1.165, 1.54) is 12.1 Å². The van der Waals surface area contributed by atoms with Crippen LogP contribution in [0.25, 0.3) is 16.8 Å². The van der Waals surface area contributed by atoms with Gasteiger partial charge in [0.2, 0.25) is 11.9 Å². The van der Waals surface area contributed by atoms with E-state index < -0.39 is 11.7 Å². The second kappa shape index (κ2) is 7.51. The SMILES string of the molecule is Nc1nc2cc(-c3ccc(CC(=O)Nc4ccc(C(F)(F)F)cc4)cc3)ccn2n1. The van der Waals surface area contributed by atoms with Crippen LogP contribution < -0.4 is 11.1 Å². The summed E-state index contributed by atoms with van der Waals surface area (Å²) in [6.45, 7) is 0. The summed E-state index contributed by atoms with van der Waals surface area (Å²) in [5.74, 6) is -0.121. The van der Waals surface area contributed by atoms with E-state index in [2.05, 4.69) is 15.4 Å². The third-order valence-electron chi connectivity index (χ3n) is 4.50.